The number of benzene rings is 1. The molecule has 1 saturated carbocycles. The molecule has 1 aliphatic rings. The highest BCUT2D eigenvalue weighted by Crippen LogP contribution is 2.41. The molecule has 1 aliphatic carbocycles. The topological polar surface area (TPSA) is 12.0 Å². The van der Waals surface area contributed by atoms with Crippen molar-refractivity contribution >= 4 is 11.6 Å². The van der Waals surface area contributed by atoms with Crippen LogP contribution < -0.4 is 5.32 Å². The summed E-state index contributed by atoms with van der Waals surface area (Å²) >= 11 is 5.88. The Hall–Kier alpha value is -0.600. The van der Waals surface area contributed by atoms with Crippen LogP contribution in [0.15, 0.2) is 18.2 Å². The molecule has 88 valence electrons. The van der Waals surface area contributed by atoms with Crippen molar-refractivity contribution < 1.29 is 4.39 Å². The van der Waals surface area contributed by atoms with Crippen LogP contribution in [0.25, 0.3) is 0 Å². The van der Waals surface area contributed by atoms with Crippen molar-refractivity contribution in [2.45, 2.75) is 25.8 Å². The zero-order chi connectivity index (χ0) is 11.7. The summed E-state index contributed by atoms with van der Waals surface area (Å²) in [4.78, 5) is 0. The van der Waals surface area contributed by atoms with E-state index in [9.17, 15) is 4.39 Å². The number of halogens is 2. The van der Waals surface area contributed by atoms with Crippen LogP contribution in [0.4, 0.5) is 4.39 Å². The van der Waals surface area contributed by atoms with E-state index in [1.54, 1.807) is 12.1 Å². The lowest BCUT2D eigenvalue weighted by molar-refractivity contribution is 0.469. The number of likely N-dealkylation sites (N-methyl/N-ethyl adjacent to an activating group) is 1. The molecule has 3 atom stereocenters. The summed E-state index contributed by atoms with van der Waals surface area (Å²) in [5, 5.41) is 3.89. The first-order valence-electron chi connectivity index (χ1n) is 5.73. The van der Waals surface area contributed by atoms with Crippen LogP contribution in [0, 0.1) is 17.7 Å². The quantitative estimate of drug-likeness (QED) is 0.853. The van der Waals surface area contributed by atoms with Crippen LogP contribution in [0.3, 0.4) is 0 Å². The van der Waals surface area contributed by atoms with E-state index in [-0.39, 0.29) is 5.82 Å². The molecule has 1 nitrogen and oxygen atoms in total. The second-order valence-electron chi connectivity index (χ2n) is 4.71. The van der Waals surface area contributed by atoms with Gasteiger partial charge in [0.2, 0.25) is 0 Å². The summed E-state index contributed by atoms with van der Waals surface area (Å²) < 4.78 is 13.6. The van der Waals surface area contributed by atoms with Crippen molar-refractivity contribution in [2.24, 2.45) is 11.8 Å². The minimum atomic E-state index is -0.155. The van der Waals surface area contributed by atoms with Gasteiger partial charge in [0, 0.05) is 11.1 Å². The van der Waals surface area contributed by atoms with Crippen LogP contribution in [-0.4, -0.2) is 13.1 Å². The lowest BCUT2D eigenvalue weighted by Gasteiger charge is -2.16. The highest BCUT2D eigenvalue weighted by molar-refractivity contribution is 6.30. The van der Waals surface area contributed by atoms with Crippen LogP contribution in [0.1, 0.15) is 18.9 Å². The molecule has 0 saturated heterocycles. The molecule has 0 radical (unpaired) electrons. The molecule has 1 aromatic carbocycles. The monoisotopic (exact) mass is 241 g/mol. The van der Waals surface area contributed by atoms with Gasteiger partial charge < -0.3 is 5.32 Å². The molecule has 3 heteroatoms. The average Bonchev–Trinajstić information content (AvgIpc) is 2.97. The van der Waals surface area contributed by atoms with Gasteiger partial charge in [-0.1, -0.05) is 18.5 Å². The minimum absolute atomic E-state index is 0.155. The molecule has 0 spiro atoms. The first-order valence-corrected chi connectivity index (χ1v) is 6.10. The third kappa shape index (κ3) is 2.55. The maximum atomic E-state index is 13.6. The number of rotatable bonds is 4. The van der Waals surface area contributed by atoms with E-state index in [1.165, 1.54) is 12.5 Å². The van der Waals surface area contributed by atoms with Gasteiger partial charge in [-0.25, -0.2) is 4.39 Å². The highest BCUT2D eigenvalue weighted by Gasteiger charge is 2.38. The number of hydrogen-bond acceptors (Lipinski definition) is 1. The van der Waals surface area contributed by atoms with Crippen LogP contribution in [0.5, 0.6) is 0 Å². The molecular formula is C13H17ClFN. The fourth-order valence-electron chi connectivity index (χ4n) is 2.32. The molecule has 0 bridgehead atoms. The lowest BCUT2D eigenvalue weighted by Crippen LogP contribution is -2.30. The van der Waals surface area contributed by atoms with Crippen LogP contribution >= 0.6 is 11.6 Å². The van der Waals surface area contributed by atoms with E-state index in [0.717, 1.165) is 12.3 Å². The Morgan fingerprint density at radius 3 is 2.81 bits per heavy atom. The third-order valence-corrected chi connectivity index (χ3v) is 3.74. The molecule has 16 heavy (non-hydrogen) atoms. The summed E-state index contributed by atoms with van der Waals surface area (Å²) in [7, 11) is 1.94. The summed E-state index contributed by atoms with van der Waals surface area (Å²) in [6, 6.07) is 5.13. The fraction of sp³-hybridized carbons (Fsp3) is 0.538. The molecule has 0 aliphatic heterocycles. The highest BCUT2D eigenvalue weighted by atomic mass is 35.5. The fourth-order valence-corrected chi connectivity index (χ4v) is 2.51. The SMILES string of the molecule is CNC(Cc1cc(Cl)ccc1F)C1CC1C. The second-order valence-corrected chi connectivity index (χ2v) is 5.15. The Balaban J connectivity index is 2.09. The first-order chi connectivity index (χ1) is 7.61. The van der Waals surface area contributed by atoms with E-state index in [1.807, 2.05) is 7.05 Å². The second kappa shape index (κ2) is 4.72. The Labute approximate surface area is 101 Å². The Morgan fingerprint density at radius 2 is 2.25 bits per heavy atom. The first kappa shape index (κ1) is 11.9. The van der Waals surface area contributed by atoms with Gasteiger partial charge >= 0.3 is 0 Å². The molecule has 2 rings (SSSR count). The smallest absolute Gasteiger partial charge is 0.126 e. The van der Waals surface area contributed by atoms with Crippen molar-refractivity contribution in [2.75, 3.05) is 7.05 Å². The molecule has 1 fully saturated rings. The number of nitrogens with one attached hydrogen (secondary N) is 1. The molecule has 3 unspecified atom stereocenters. The maximum absolute atomic E-state index is 13.6. The Kier molecular flexibility index (Phi) is 3.50. The van der Waals surface area contributed by atoms with Gasteiger partial charge in [0.15, 0.2) is 0 Å². The molecular weight excluding hydrogens is 225 g/mol. The van der Waals surface area contributed by atoms with E-state index >= 15 is 0 Å². The lowest BCUT2D eigenvalue weighted by atomic mass is 10.0. The van der Waals surface area contributed by atoms with Crippen molar-refractivity contribution in [3.63, 3.8) is 0 Å². The predicted molar refractivity (Wildman–Crippen MR) is 65.2 cm³/mol. The Bertz CT molecular complexity index is 380. The summed E-state index contributed by atoms with van der Waals surface area (Å²) in [6.07, 6.45) is 1.96. The van der Waals surface area contributed by atoms with Crippen LogP contribution in [-0.2, 0) is 6.42 Å². The molecule has 1 aromatic rings. The number of hydrogen-bond donors (Lipinski definition) is 1. The van der Waals surface area contributed by atoms with Gasteiger partial charge in [-0.15, -0.1) is 0 Å². The van der Waals surface area contributed by atoms with Gasteiger partial charge in [-0.05, 0) is 55.5 Å². The van der Waals surface area contributed by atoms with Gasteiger partial charge in [-0.3, -0.25) is 0 Å². The maximum Gasteiger partial charge on any atom is 0.126 e. The standard InChI is InChI=1S/C13H17ClFN/c1-8-5-11(8)13(16-2)7-9-6-10(14)3-4-12(9)15/h3-4,6,8,11,13,16H,5,7H2,1-2H3. The summed E-state index contributed by atoms with van der Waals surface area (Å²) in [5.41, 5.74) is 0.714. The van der Waals surface area contributed by atoms with Gasteiger partial charge in [-0.2, -0.15) is 0 Å². The van der Waals surface area contributed by atoms with Gasteiger partial charge in [0.1, 0.15) is 5.82 Å². The predicted octanol–water partition coefficient (Wildman–Crippen LogP) is 3.27. The third-order valence-electron chi connectivity index (χ3n) is 3.51. The molecule has 0 amide bonds. The van der Waals surface area contributed by atoms with Crippen molar-refractivity contribution in [3.05, 3.63) is 34.6 Å². The van der Waals surface area contributed by atoms with Crippen molar-refractivity contribution in [3.8, 4) is 0 Å². The summed E-state index contributed by atoms with van der Waals surface area (Å²) in [5.74, 6) is 1.29. The van der Waals surface area contributed by atoms with Crippen molar-refractivity contribution in [1.29, 1.82) is 0 Å². The minimum Gasteiger partial charge on any atom is -0.316 e. The summed E-state index contributed by atoms with van der Waals surface area (Å²) in [6.45, 7) is 2.24. The Morgan fingerprint density at radius 1 is 1.56 bits per heavy atom. The largest absolute Gasteiger partial charge is 0.316 e. The van der Waals surface area contributed by atoms with E-state index < -0.39 is 0 Å². The van der Waals surface area contributed by atoms with Crippen LogP contribution in [0.2, 0.25) is 5.02 Å². The van der Waals surface area contributed by atoms with E-state index in [4.69, 9.17) is 11.6 Å². The average molecular weight is 242 g/mol. The van der Waals surface area contributed by atoms with E-state index in [2.05, 4.69) is 12.2 Å². The molecule has 0 aromatic heterocycles. The van der Waals surface area contributed by atoms with Gasteiger partial charge in [0.25, 0.3) is 0 Å². The zero-order valence-corrected chi connectivity index (χ0v) is 10.4. The zero-order valence-electron chi connectivity index (χ0n) is 9.63. The normalized spacial score (nSPS) is 25.5. The van der Waals surface area contributed by atoms with Gasteiger partial charge in [0.05, 0.1) is 0 Å². The van der Waals surface area contributed by atoms with E-state index in [0.29, 0.717) is 22.5 Å². The van der Waals surface area contributed by atoms with Crippen molar-refractivity contribution in [1.82, 2.24) is 5.32 Å². The molecule has 1 N–H and O–H groups in total. The molecule has 0 heterocycles.